The number of pyridine rings is 2. The van der Waals surface area contributed by atoms with E-state index in [1.165, 1.54) is 12.3 Å². The average molecular weight is 346 g/mol. The highest BCUT2D eigenvalue weighted by molar-refractivity contribution is 7.90. The van der Waals surface area contributed by atoms with Crippen molar-refractivity contribution in [2.45, 2.75) is 20.0 Å². The van der Waals surface area contributed by atoms with Gasteiger partial charge in [0.25, 0.3) is 5.56 Å². The van der Waals surface area contributed by atoms with Gasteiger partial charge in [-0.05, 0) is 31.5 Å². The molecule has 0 aromatic carbocycles. The molecule has 0 fully saturated rings. The summed E-state index contributed by atoms with van der Waals surface area (Å²) in [5, 5.41) is 0. The zero-order valence-corrected chi connectivity index (χ0v) is 13.1. The smallest absolute Gasteiger partial charge is 0.396 e. The van der Waals surface area contributed by atoms with Crippen molar-refractivity contribution in [2.24, 2.45) is 0 Å². The lowest BCUT2D eigenvalue weighted by molar-refractivity contribution is -0.137. The molecule has 5 nitrogen and oxygen atoms in total. The van der Waals surface area contributed by atoms with Crippen LogP contribution in [-0.4, -0.2) is 16.2 Å². The van der Waals surface area contributed by atoms with Crippen molar-refractivity contribution in [2.75, 3.05) is 6.61 Å². The number of nitrogens with zero attached hydrogens (tertiary/aromatic N) is 2. The second-order valence-electron chi connectivity index (χ2n) is 4.51. The summed E-state index contributed by atoms with van der Waals surface area (Å²) in [5.74, 6) is -0.264. The third kappa shape index (κ3) is 4.26. The first-order valence-corrected chi connectivity index (χ1v) is 7.22. The lowest BCUT2D eigenvalue weighted by Gasteiger charge is -2.13. The quantitative estimate of drug-likeness (QED) is 0.612. The topological polar surface area (TPSA) is 53.4 Å². The van der Waals surface area contributed by atoms with Gasteiger partial charge in [-0.1, -0.05) is 0 Å². The Bertz CT molecular complexity index is 747. The van der Waals surface area contributed by atoms with Gasteiger partial charge in [-0.3, -0.25) is 13.5 Å². The molecule has 2 aromatic rings. The number of aromatic nitrogens is 2. The Labute approximate surface area is 134 Å². The van der Waals surface area contributed by atoms with Gasteiger partial charge in [0, 0.05) is 18.5 Å². The Morgan fingerprint density at radius 3 is 2.70 bits per heavy atom. The van der Waals surface area contributed by atoms with E-state index in [0.29, 0.717) is 25.1 Å². The predicted octanol–water partition coefficient (Wildman–Crippen LogP) is 3.54. The molecule has 0 amide bonds. The van der Waals surface area contributed by atoms with E-state index in [4.69, 9.17) is 8.37 Å². The Hall–Kier alpha value is -2.00. The van der Waals surface area contributed by atoms with Crippen LogP contribution in [0, 0.1) is 6.92 Å². The summed E-state index contributed by atoms with van der Waals surface area (Å²) in [5.41, 5.74) is -0.679. The predicted molar refractivity (Wildman–Crippen MR) is 79.4 cm³/mol. The van der Waals surface area contributed by atoms with E-state index in [0.717, 1.165) is 16.2 Å². The van der Waals surface area contributed by atoms with E-state index in [1.807, 2.05) is 0 Å². The average Bonchev–Trinajstić information content (AvgIpc) is 2.47. The zero-order chi connectivity index (χ0) is 17.0. The van der Waals surface area contributed by atoms with E-state index < -0.39 is 17.3 Å². The fourth-order valence-corrected chi connectivity index (χ4v) is 2.04. The van der Waals surface area contributed by atoms with Crippen LogP contribution in [0.3, 0.4) is 0 Å². The SMILES string of the molecule is CCOSOc1cc(C(F)(F)F)cnc1-n1ccc(C)cc1=O. The van der Waals surface area contributed by atoms with Crippen LogP contribution in [0.5, 0.6) is 5.75 Å². The van der Waals surface area contributed by atoms with Crippen molar-refractivity contribution in [1.82, 2.24) is 9.55 Å². The van der Waals surface area contributed by atoms with Crippen molar-refractivity contribution < 1.29 is 21.5 Å². The molecule has 0 unspecified atom stereocenters. The Morgan fingerprint density at radius 1 is 1.35 bits per heavy atom. The maximum atomic E-state index is 12.8. The van der Waals surface area contributed by atoms with E-state index in [9.17, 15) is 18.0 Å². The molecule has 0 saturated carbocycles. The first-order chi connectivity index (χ1) is 10.8. The molecular formula is C14H13F3N2O3S. The largest absolute Gasteiger partial charge is 0.418 e. The van der Waals surface area contributed by atoms with Crippen LogP contribution in [0.25, 0.3) is 5.82 Å². The number of aryl methyl sites for hydroxylation is 1. The molecule has 2 heterocycles. The third-order valence-corrected chi connectivity index (χ3v) is 3.33. The first-order valence-electron chi connectivity index (χ1n) is 6.56. The van der Waals surface area contributed by atoms with Crippen molar-refractivity contribution in [1.29, 1.82) is 0 Å². The van der Waals surface area contributed by atoms with Gasteiger partial charge in [0.1, 0.15) is 0 Å². The van der Waals surface area contributed by atoms with Gasteiger partial charge >= 0.3 is 6.18 Å². The summed E-state index contributed by atoms with van der Waals surface area (Å²) in [7, 11) is 0. The minimum Gasteiger partial charge on any atom is -0.396 e. The van der Waals surface area contributed by atoms with Crippen molar-refractivity contribution in [3.8, 4) is 11.6 Å². The second kappa shape index (κ2) is 7.05. The number of hydrogen-bond donors (Lipinski definition) is 0. The fourth-order valence-electron chi connectivity index (χ4n) is 1.70. The number of alkyl halides is 3. The summed E-state index contributed by atoms with van der Waals surface area (Å²) >= 11 is 0.521. The summed E-state index contributed by atoms with van der Waals surface area (Å²) in [4.78, 5) is 15.7. The van der Waals surface area contributed by atoms with Crippen LogP contribution in [-0.2, 0) is 10.4 Å². The molecule has 0 spiro atoms. The summed E-state index contributed by atoms with van der Waals surface area (Å²) in [6.07, 6.45) is -2.50. The Morgan fingerprint density at radius 2 is 2.09 bits per heavy atom. The van der Waals surface area contributed by atoms with Crippen LogP contribution < -0.4 is 9.74 Å². The van der Waals surface area contributed by atoms with E-state index in [2.05, 4.69) is 4.98 Å². The van der Waals surface area contributed by atoms with E-state index >= 15 is 0 Å². The molecule has 2 aromatic heterocycles. The summed E-state index contributed by atoms with van der Waals surface area (Å²) in [6.45, 7) is 3.73. The molecule has 0 atom stereocenters. The molecule has 0 aliphatic heterocycles. The van der Waals surface area contributed by atoms with Gasteiger partial charge in [-0.2, -0.15) is 13.2 Å². The third-order valence-electron chi connectivity index (χ3n) is 2.75. The monoisotopic (exact) mass is 346 g/mol. The standard InChI is InChI=1S/C14H13F3N2O3S/c1-3-21-23-22-11-7-10(14(15,16)17)8-18-13(11)19-5-4-9(2)6-12(19)20/h4-8H,3H2,1-2H3. The molecule has 0 saturated heterocycles. The van der Waals surface area contributed by atoms with E-state index in [1.54, 1.807) is 19.9 Å². The van der Waals surface area contributed by atoms with Crippen LogP contribution >= 0.6 is 12.3 Å². The molecule has 2 rings (SSSR count). The van der Waals surface area contributed by atoms with Gasteiger partial charge in [-0.25, -0.2) is 4.98 Å². The van der Waals surface area contributed by atoms with Gasteiger partial charge in [0.15, 0.2) is 11.6 Å². The molecule has 0 aliphatic carbocycles. The van der Waals surface area contributed by atoms with Crippen molar-refractivity contribution >= 4 is 12.3 Å². The highest BCUT2D eigenvalue weighted by Gasteiger charge is 2.32. The first kappa shape index (κ1) is 17.4. The highest BCUT2D eigenvalue weighted by Crippen LogP contribution is 2.34. The second-order valence-corrected chi connectivity index (χ2v) is 5.05. The van der Waals surface area contributed by atoms with Gasteiger partial charge in [0.05, 0.1) is 12.2 Å². The molecule has 0 bridgehead atoms. The van der Waals surface area contributed by atoms with Crippen LogP contribution in [0.15, 0.2) is 35.4 Å². The number of hydrogen-bond acceptors (Lipinski definition) is 5. The van der Waals surface area contributed by atoms with Gasteiger partial charge in [-0.15, -0.1) is 0 Å². The van der Waals surface area contributed by atoms with Crippen molar-refractivity contribution in [3.63, 3.8) is 0 Å². The molecule has 124 valence electrons. The lowest BCUT2D eigenvalue weighted by Crippen LogP contribution is -2.19. The van der Waals surface area contributed by atoms with E-state index in [-0.39, 0.29) is 11.6 Å². The maximum absolute atomic E-state index is 12.8. The highest BCUT2D eigenvalue weighted by atomic mass is 32.2. The molecule has 9 heteroatoms. The Kier molecular flexibility index (Phi) is 5.32. The number of halogens is 3. The minimum absolute atomic E-state index is 0.0461. The molecule has 0 radical (unpaired) electrons. The van der Waals surface area contributed by atoms with Gasteiger partial charge < -0.3 is 4.18 Å². The summed E-state index contributed by atoms with van der Waals surface area (Å²) in [6, 6.07) is 3.76. The maximum Gasteiger partial charge on any atom is 0.418 e. The Balaban J connectivity index is 2.50. The molecular weight excluding hydrogens is 333 g/mol. The fraction of sp³-hybridized carbons (Fsp3) is 0.286. The lowest BCUT2D eigenvalue weighted by atomic mass is 10.2. The van der Waals surface area contributed by atoms with Crippen LogP contribution in [0.2, 0.25) is 0 Å². The molecule has 0 aliphatic rings. The molecule has 0 N–H and O–H groups in total. The summed E-state index contributed by atoms with van der Waals surface area (Å²) < 4.78 is 49.6. The van der Waals surface area contributed by atoms with Gasteiger partial charge in [0.2, 0.25) is 12.3 Å². The minimum atomic E-state index is -4.57. The molecule has 23 heavy (non-hydrogen) atoms. The van der Waals surface area contributed by atoms with Crippen LogP contribution in [0.4, 0.5) is 13.2 Å². The van der Waals surface area contributed by atoms with Crippen LogP contribution in [0.1, 0.15) is 18.1 Å². The van der Waals surface area contributed by atoms with Crippen molar-refractivity contribution in [3.05, 3.63) is 52.1 Å². The normalized spacial score (nSPS) is 11.5. The number of rotatable bonds is 5. The zero-order valence-electron chi connectivity index (χ0n) is 12.3.